The molecule has 0 aromatic carbocycles. The molecule has 1 aromatic rings. The number of hydrogen-bond donors (Lipinski definition) is 0. The summed E-state index contributed by atoms with van der Waals surface area (Å²) in [7, 11) is 0. The van der Waals surface area contributed by atoms with E-state index in [1.807, 2.05) is 32.2 Å². The highest BCUT2D eigenvalue weighted by atomic mass is 32.1. The van der Waals surface area contributed by atoms with Crippen molar-refractivity contribution in [3.8, 4) is 0 Å². The Kier molecular flexibility index (Phi) is 4.75. The van der Waals surface area contributed by atoms with Crippen molar-refractivity contribution in [2.24, 2.45) is 11.0 Å². The number of hydrogen-bond acceptors (Lipinski definition) is 4. The number of nitrogens with zero attached hydrogens (tertiary/aromatic N) is 4. The van der Waals surface area contributed by atoms with E-state index in [4.69, 9.17) is 10.3 Å². The number of likely N-dealkylation sites (tertiary alicyclic amines) is 1. The van der Waals surface area contributed by atoms with Crippen LogP contribution in [-0.4, -0.2) is 36.2 Å². The second kappa shape index (κ2) is 6.37. The minimum absolute atomic E-state index is 0.145. The first-order valence-corrected chi connectivity index (χ1v) is 7.81. The van der Waals surface area contributed by atoms with Gasteiger partial charge in [0, 0.05) is 35.3 Å². The number of azide groups is 1. The molecule has 114 valence electrons. The molecule has 0 spiro atoms. The number of carbonyl (C=O) groups excluding carboxylic acids is 1. The van der Waals surface area contributed by atoms with Crippen LogP contribution in [0.5, 0.6) is 0 Å². The fourth-order valence-corrected chi connectivity index (χ4v) is 3.41. The van der Waals surface area contributed by atoms with Gasteiger partial charge in [-0.3, -0.25) is 0 Å². The van der Waals surface area contributed by atoms with Gasteiger partial charge in [-0.15, -0.1) is 11.3 Å². The minimum Gasteiger partial charge on any atom is -0.444 e. The Bertz CT molecular complexity index is 532. The Labute approximate surface area is 128 Å². The van der Waals surface area contributed by atoms with Crippen LogP contribution in [0.4, 0.5) is 4.79 Å². The average Bonchev–Trinajstić information content (AvgIpc) is 3.03. The Morgan fingerprint density at radius 1 is 1.57 bits per heavy atom. The third-order valence-electron chi connectivity index (χ3n) is 3.38. The summed E-state index contributed by atoms with van der Waals surface area (Å²) in [5.41, 5.74) is 8.03. The van der Waals surface area contributed by atoms with Crippen LogP contribution in [0.2, 0.25) is 0 Å². The Balaban J connectivity index is 2.10. The van der Waals surface area contributed by atoms with Crippen molar-refractivity contribution in [1.29, 1.82) is 0 Å². The van der Waals surface area contributed by atoms with Crippen molar-refractivity contribution in [2.75, 3.05) is 19.6 Å². The summed E-state index contributed by atoms with van der Waals surface area (Å²) in [6.45, 7) is 7.15. The van der Waals surface area contributed by atoms with E-state index in [-0.39, 0.29) is 17.9 Å². The first-order chi connectivity index (χ1) is 9.90. The van der Waals surface area contributed by atoms with E-state index in [9.17, 15) is 4.79 Å². The predicted octanol–water partition coefficient (Wildman–Crippen LogP) is 4.01. The molecule has 1 saturated heterocycles. The van der Waals surface area contributed by atoms with Crippen LogP contribution in [0, 0.1) is 5.92 Å². The quantitative estimate of drug-likeness (QED) is 0.480. The monoisotopic (exact) mass is 308 g/mol. The van der Waals surface area contributed by atoms with Crippen LogP contribution in [0.25, 0.3) is 10.4 Å². The summed E-state index contributed by atoms with van der Waals surface area (Å²) in [5.74, 6) is 0.357. The minimum atomic E-state index is -0.502. The third kappa shape index (κ3) is 4.12. The fraction of sp³-hybridized carbons (Fsp3) is 0.643. The van der Waals surface area contributed by atoms with Gasteiger partial charge in [0.25, 0.3) is 0 Å². The van der Waals surface area contributed by atoms with Crippen molar-refractivity contribution in [3.63, 3.8) is 0 Å². The Morgan fingerprint density at radius 3 is 2.90 bits per heavy atom. The van der Waals surface area contributed by atoms with Crippen LogP contribution in [-0.2, 0) is 4.74 Å². The zero-order valence-corrected chi connectivity index (χ0v) is 13.3. The topological polar surface area (TPSA) is 78.3 Å². The second-order valence-electron chi connectivity index (χ2n) is 6.18. The molecule has 2 atom stereocenters. The summed E-state index contributed by atoms with van der Waals surface area (Å²) in [5, 5.41) is 5.71. The molecular formula is C14H20N4O2S. The summed E-state index contributed by atoms with van der Waals surface area (Å²) in [6.07, 6.45) is -0.299. The summed E-state index contributed by atoms with van der Waals surface area (Å²) >= 11 is 1.67. The standard InChI is InChI=1S/C14H20N4O2S/c1-14(2,3)20-13(19)18-8-10(7-16-17-15)11(9-18)12-5-4-6-21-12/h4-6,10-11H,7-9H2,1-3H3. The van der Waals surface area contributed by atoms with Gasteiger partial charge in [0.15, 0.2) is 0 Å². The van der Waals surface area contributed by atoms with Crippen LogP contribution >= 0.6 is 11.3 Å². The van der Waals surface area contributed by atoms with Gasteiger partial charge >= 0.3 is 6.09 Å². The van der Waals surface area contributed by atoms with Crippen molar-refractivity contribution in [3.05, 3.63) is 32.8 Å². The highest BCUT2D eigenvalue weighted by Gasteiger charge is 2.37. The summed E-state index contributed by atoms with van der Waals surface area (Å²) in [6, 6.07) is 4.07. The fourth-order valence-electron chi connectivity index (χ4n) is 2.50. The van der Waals surface area contributed by atoms with Crippen LogP contribution in [0.15, 0.2) is 22.6 Å². The maximum absolute atomic E-state index is 12.2. The molecule has 7 heteroatoms. The molecule has 1 aromatic heterocycles. The van der Waals surface area contributed by atoms with Crippen LogP contribution in [0.3, 0.4) is 0 Å². The van der Waals surface area contributed by atoms with Gasteiger partial charge in [0.05, 0.1) is 0 Å². The van der Waals surface area contributed by atoms with Gasteiger partial charge in [-0.1, -0.05) is 11.2 Å². The maximum atomic E-state index is 12.2. The predicted molar refractivity (Wildman–Crippen MR) is 82.4 cm³/mol. The smallest absolute Gasteiger partial charge is 0.410 e. The number of carbonyl (C=O) groups is 1. The molecule has 0 radical (unpaired) electrons. The number of rotatable bonds is 3. The van der Waals surface area contributed by atoms with E-state index in [1.165, 1.54) is 4.88 Å². The lowest BCUT2D eigenvalue weighted by atomic mass is 9.95. The molecule has 1 amide bonds. The van der Waals surface area contributed by atoms with Gasteiger partial charge in [-0.05, 0) is 43.7 Å². The lowest BCUT2D eigenvalue weighted by molar-refractivity contribution is 0.0287. The highest BCUT2D eigenvalue weighted by molar-refractivity contribution is 7.10. The molecule has 0 aliphatic carbocycles. The van der Waals surface area contributed by atoms with Gasteiger partial charge in [0.1, 0.15) is 5.60 Å². The van der Waals surface area contributed by atoms with Crippen LogP contribution in [0.1, 0.15) is 31.6 Å². The molecule has 2 unspecified atom stereocenters. The first-order valence-electron chi connectivity index (χ1n) is 6.93. The lowest BCUT2D eigenvalue weighted by Crippen LogP contribution is -2.35. The van der Waals surface area contributed by atoms with E-state index in [0.717, 1.165) is 0 Å². The SMILES string of the molecule is CC(C)(C)OC(=O)N1CC(CN=[N+]=[N-])C(c2cccs2)C1. The molecule has 0 saturated carbocycles. The van der Waals surface area contributed by atoms with E-state index in [0.29, 0.717) is 19.6 Å². The molecule has 1 fully saturated rings. The molecule has 0 bridgehead atoms. The Hall–Kier alpha value is -1.72. The van der Waals surface area contributed by atoms with Gasteiger partial charge < -0.3 is 9.64 Å². The molecule has 21 heavy (non-hydrogen) atoms. The third-order valence-corrected chi connectivity index (χ3v) is 4.38. The van der Waals surface area contributed by atoms with Gasteiger partial charge in [-0.2, -0.15) is 0 Å². The number of thiophene rings is 1. The van der Waals surface area contributed by atoms with Crippen molar-refractivity contribution in [2.45, 2.75) is 32.3 Å². The molecule has 1 aliphatic rings. The molecule has 2 rings (SSSR count). The zero-order valence-electron chi connectivity index (χ0n) is 12.5. The number of ether oxygens (including phenoxy) is 1. The van der Waals surface area contributed by atoms with E-state index < -0.39 is 5.60 Å². The van der Waals surface area contributed by atoms with E-state index >= 15 is 0 Å². The molecule has 0 N–H and O–H groups in total. The molecule has 1 aliphatic heterocycles. The first kappa shape index (κ1) is 15.7. The maximum Gasteiger partial charge on any atom is 0.410 e. The van der Waals surface area contributed by atoms with Crippen molar-refractivity contribution >= 4 is 17.4 Å². The second-order valence-corrected chi connectivity index (χ2v) is 7.16. The Morgan fingerprint density at radius 2 is 2.33 bits per heavy atom. The number of amides is 1. The van der Waals surface area contributed by atoms with Crippen molar-refractivity contribution in [1.82, 2.24) is 4.90 Å². The summed E-state index contributed by atoms with van der Waals surface area (Å²) in [4.78, 5) is 18.0. The van der Waals surface area contributed by atoms with Gasteiger partial charge in [0.2, 0.25) is 0 Å². The lowest BCUT2D eigenvalue weighted by Gasteiger charge is -2.24. The molecule has 6 nitrogen and oxygen atoms in total. The zero-order chi connectivity index (χ0) is 15.5. The van der Waals surface area contributed by atoms with E-state index in [2.05, 4.69) is 16.1 Å². The van der Waals surface area contributed by atoms with E-state index in [1.54, 1.807) is 16.2 Å². The molecular weight excluding hydrogens is 288 g/mol. The molecule has 2 heterocycles. The highest BCUT2D eigenvalue weighted by Crippen LogP contribution is 2.36. The normalized spacial score (nSPS) is 22.0. The van der Waals surface area contributed by atoms with Crippen LogP contribution < -0.4 is 0 Å². The average molecular weight is 308 g/mol. The van der Waals surface area contributed by atoms with Gasteiger partial charge in [-0.25, -0.2) is 4.79 Å². The summed E-state index contributed by atoms with van der Waals surface area (Å²) < 4.78 is 5.43. The van der Waals surface area contributed by atoms with Crippen molar-refractivity contribution < 1.29 is 9.53 Å². The largest absolute Gasteiger partial charge is 0.444 e.